The summed E-state index contributed by atoms with van der Waals surface area (Å²) in [7, 11) is 0. The van der Waals surface area contributed by atoms with Crippen molar-refractivity contribution in [2.75, 3.05) is 5.32 Å². The van der Waals surface area contributed by atoms with E-state index < -0.39 is 0 Å². The summed E-state index contributed by atoms with van der Waals surface area (Å²) in [4.78, 5) is 12.2. The molecule has 114 valence electrons. The molecule has 2 aliphatic rings. The Bertz CT molecular complexity index is 487. The van der Waals surface area contributed by atoms with E-state index >= 15 is 0 Å². The number of para-hydroxylation sites is 1. The fraction of sp³-hybridized carbons (Fsp3) is 0.611. The van der Waals surface area contributed by atoms with Gasteiger partial charge in [0.25, 0.3) is 0 Å². The van der Waals surface area contributed by atoms with Gasteiger partial charge in [-0.3, -0.25) is 4.79 Å². The summed E-state index contributed by atoms with van der Waals surface area (Å²) in [5.41, 5.74) is 0.865. The highest BCUT2D eigenvalue weighted by Gasteiger charge is 2.42. The molecule has 0 aliphatic heterocycles. The smallest absolute Gasteiger partial charge is 0.241 e. The number of nitrogens with one attached hydrogen (secondary N) is 2. The third-order valence-corrected chi connectivity index (χ3v) is 5.38. The van der Waals surface area contributed by atoms with Crippen LogP contribution in [0, 0.1) is 17.8 Å². The second-order valence-electron chi connectivity index (χ2n) is 6.87. The molecule has 21 heavy (non-hydrogen) atoms. The molecule has 0 saturated heterocycles. The quantitative estimate of drug-likeness (QED) is 0.870. The maximum atomic E-state index is 12.2. The first-order valence-corrected chi connectivity index (χ1v) is 8.25. The van der Waals surface area contributed by atoms with Crippen molar-refractivity contribution < 1.29 is 4.79 Å². The third-order valence-electron chi connectivity index (χ3n) is 5.38. The molecule has 5 unspecified atom stereocenters. The Kier molecular flexibility index (Phi) is 4.29. The number of fused-ring (bicyclic) bond motifs is 2. The predicted molar refractivity (Wildman–Crippen MR) is 86.1 cm³/mol. The molecule has 2 bridgehead atoms. The predicted octanol–water partition coefficient (Wildman–Crippen LogP) is 3.43. The molecule has 2 N–H and O–H groups in total. The summed E-state index contributed by atoms with van der Waals surface area (Å²) in [6, 6.07) is 9.94. The van der Waals surface area contributed by atoms with Gasteiger partial charge in [-0.25, -0.2) is 0 Å². The zero-order valence-corrected chi connectivity index (χ0v) is 13.0. The molecule has 3 rings (SSSR count). The van der Waals surface area contributed by atoms with Gasteiger partial charge in [-0.1, -0.05) is 24.6 Å². The molecule has 3 nitrogen and oxygen atoms in total. The van der Waals surface area contributed by atoms with Crippen LogP contribution in [0.2, 0.25) is 0 Å². The molecular formula is C18H26N2O. The number of hydrogen-bond acceptors (Lipinski definition) is 2. The van der Waals surface area contributed by atoms with Crippen molar-refractivity contribution in [3.8, 4) is 0 Å². The molecule has 2 saturated carbocycles. The lowest BCUT2D eigenvalue weighted by atomic mass is 9.84. The molecule has 2 fully saturated rings. The third kappa shape index (κ3) is 3.29. The second kappa shape index (κ2) is 6.18. The largest absolute Gasteiger partial charge is 0.325 e. The highest BCUT2D eigenvalue weighted by Crippen LogP contribution is 2.49. The van der Waals surface area contributed by atoms with Crippen molar-refractivity contribution in [3.63, 3.8) is 0 Å². The SMILES string of the molecule is CC(NC(C)C1CC2CCC1C2)C(=O)Nc1ccccc1. The standard InChI is InChI=1S/C18H26N2O/c1-12(17-11-14-8-9-15(17)10-14)19-13(2)18(21)20-16-6-4-3-5-7-16/h3-7,12-15,17,19H,8-11H2,1-2H3,(H,20,21). The molecule has 2 aliphatic carbocycles. The monoisotopic (exact) mass is 286 g/mol. The fourth-order valence-corrected chi connectivity index (χ4v) is 4.27. The zero-order chi connectivity index (χ0) is 14.8. The van der Waals surface area contributed by atoms with E-state index in [0.717, 1.165) is 23.4 Å². The molecule has 0 spiro atoms. The highest BCUT2D eigenvalue weighted by atomic mass is 16.2. The number of hydrogen-bond donors (Lipinski definition) is 2. The fourth-order valence-electron chi connectivity index (χ4n) is 4.27. The summed E-state index contributed by atoms with van der Waals surface area (Å²) in [6.07, 6.45) is 5.59. The van der Waals surface area contributed by atoms with Gasteiger partial charge in [0.1, 0.15) is 0 Å². The number of benzene rings is 1. The van der Waals surface area contributed by atoms with Gasteiger partial charge in [0, 0.05) is 11.7 Å². The Morgan fingerprint density at radius 3 is 2.52 bits per heavy atom. The number of rotatable bonds is 5. The van der Waals surface area contributed by atoms with Crippen molar-refractivity contribution in [1.82, 2.24) is 5.32 Å². The Balaban J connectivity index is 1.51. The van der Waals surface area contributed by atoms with Gasteiger partial charge in [-0.15, -0.1) is 0 Å². The first-order valence-electron chi connectivity index (χ1n) is 8.25. The Hall–Kier alpha value is -1.35. The summed E-state index contributed by atoms with van der Waals surface area (Å²) in [5.74, 6) is 2.66. The topological polar surface area (TPSA) is 41.1 Å². The zero-order valence-electron chi connectivity index (χ0n) is 13.0. The van der Waals surface area contributed by atoms with Crippen LogP contribution in [0.3, 0.4) is 0 Å². The summed E-state index contributed by atoms with van der Waals surface area (Å²) >= 11 is 0. The van der Waals surface area contributed by atoms with Gasteiger partial charge >= 0.3 is 0 Å². The number of carbonyl (C=O) groups is 1. The van der Waals surface area contributed by atoms with E-state index in [-0.39, 0.29) is 11.9 Å². The maximum Gasteiger partial charge on any atom is 0.241 e. The molecule has 0 aromatic heterocycles. The van der Waals surface area contributed by atoms with Gasteiger partial charge < -0.3 is 10.6 Å². The molecule has 1 aromatic carbocycles. The van der Waals surface area contributed by atoms with E-state index in [9.17, 15) is 4.79 Å². The Morgan fingerprint density at radius 2 is 1.90 bits per heavy atom. The minimum absolute atomic E-state index is 0.0520. The first-order chi connectivity index (χ1) is 10.1. The van der Waals surface area contributed by atoms with Crippen LogP contribution in [0.5, 0.6) is 0 Å². The van der Waals surface area contributed by atoms with Crippen LogP contribution in [0.15, 0.2) is 30.3 Å². The molecule has 3 heteroatoms. The van der Waals surface area contributed by atoms with E-state index in [1.807, 2.05) is 37.3 Å². The molecule has 0 heterocycles. The van der Waals surface area contributed by atoms with Crippen LogP contribution < -0.4 is 10.6 Å². The lowest BCUT2D eigenvalue weighted by molar-refractivity contribution is -0.118. The summed E-state index contributed by atoms with van der Waals surface area (Å²) < 4.78 is 0. The van der Waals surface area contributed by atoms with Gasteiger partial charge in [0.2, 0.25) is 5.91 Å². The lowest BCUT2D eigenvalue weighted by Crippen LogP contribution is -2.46. The van der Waals surface area contributed by atoms with Crippen LogP contribution in [-0.4, -0.2) is 18.0 Å². The van der Waals surface area contributed by atoms with Crippen molar-refractivity contribution >= 4 is 11.6 Å². The van der Waals surface area contributed by atoms with E-state index in [2.05, 4.69) is 17.6 Å². The molecule has 5 atom stereocenters. The normalized spacial score (nSPS) is 30.1. The Labute approximate surface area is 127 Å². The van der Waals surface area contributed by atoms with Crippen LogP contribution in [0.4, 0.5) is 5.69 Å². The maximum absolute atomic E-state index is 12.2. The molecule has 1 aromatic rings. The van der Waals surface area contributed by atoms with E-state index in [1.165, 1.54) is 25.7 Å². The highest BCUT2D eigenvalue weighted by molar-refractivity contribution is 5.94. The van der Waals surface area contributed by atoms with Crippen molar-refractivity contribution in [1.29, 1.82) is 0 Å². The van der Waals surface area contributed by atoms with E-state index in [0.29, 0.717) is 6.04 Å². The van der Waals surface area contributed by atoms with Gasteiger partial charge in [0.05, 0.1) is 6.04 Å². The molecular weight excluding hydrogens is 260 g/mol. The minimum atomic E-state index is -0.153. The van der Waals surface area contributed by atoms with Crippen molar-refractivity contribution in [3.05, 3.63) is 30.3 Å². The van der Waals surface area contributed by atoms with Crippen LogP contribution >= 0.6 is 0 Å². The van der Waals surface area contributed by atoms with Crippen LogP contribution in [0.25, 0.3) is 0 Å². The van der Waals surface area contributed by atoms with Crippen molar-refractivity contribution in [2.45, 2.75) is 51.6 Å². The van der Waals surface area contributed by atoms with E-state index in [4.69, 9.17) is 0 Å². The van der Waals surface area contributed by atoms with Crippen molar-refractivity contribution in [2.24, 2.45) is 17.8 Å². The van der Waals surface area contributed by atoms with Crippen LogP contribution in [-0.2, 0) is 4.79 Å². The second-order valence-corrected chi connectivity index (χ2v) is 6.87. The molecule has 0 radical (unpaired) electrons. The average Bonchev–Trinajstić information content (AvgIpc) is 3.11. The first kappa shape index (κ1) is 14.6. The van der Waals surface area contributed by atoms with Gasteiger partial charge in [0.15, 0.2) is 0 Å². The molecule has 1 amide bonds. The van der Waals surface area contributed by atoms with E-state index in [1.54, 1.807) is 0 Å². The van der Waals surface area contributed by atoms with Crippen LogP contribution in [0.1, 0.15) is 39.5 Å². The summed E-state index contributed by atoms with van der Waals surface area (Å²) in [6.45, 7) is 4.21. The average molecular weight is 286 g/mol. The number of anilines is 1. The van der Waals surface area contributed by atoms with Gasteiger partial charge in [-0.05, 0) is 63.0 Å². The Morgan fingerprint density at radius 1 is 1.14 bits per heavy atom. The lowest BCUT2D eigenvalue weighted by Gasteiger charge is -2.30. The summed E-state index contributed by atoms with van der Waals surface area (Å²) in [5, 5.41) is 6.48. The van der Waals surface area contributed by atoms with Gasteiger partial charge in [-0.2, -0.15) is 0 Å². The number of amides is 1. The minimum Gasteiger partial charge on any atom is -0.325 e. The number of carbonyl (C=O) groups excluding carboxylic acids is 1.